The molecule has 0 radical (unpaired) electrons. The zero-order valence-electron chi connectivity index (χ0n) is 15.8. The van der Waals surface area contributed by atoms with Crippen LogP contribution in [0.25, 0.3) is 5.70 Å². The SMILES string of the molecule is CCS(=O)(CC)=Nc1ccc2c(c1)C(Nc1cc(O)cc(OC)c1)=CCN2. The highest BCUT2D eigenvalue weighted by molar-refractivity contribution is 7.93. The summed E-state index contributed by atoms with van der Waals surface area (Å²) in [5, 5.41) is 16.5. The molecule has 6 nitrogen and oxygen atoms in total. The first-order valence-corrected chi connectivity index (χ1v) is 10.8. The van der Waals surface area contributed by atoms with Gasteiger partial charge in [-0.1, -0.05) is 13.8 Å². The third-order valence-corrected chi connectivity index (χ3v) is 6.82. The Morgan fingerprint density at radius 2 is 2.00 bits per heavy atom. The molecule has 0 spiro atoms. The van der Waals surface area contributed by atoms with Gasteiger partial charge in [-0.3, -0.25) is 0 Å². The van der Waals surface area contributed by atoms with Crippen molar-refractivity contribution in [3.05, 3.63) is 48.0 Å². The van der Waals surface area contributed by atoms with E-state index in [0.29, 0.717) is 29.5 Å². The Balaban J connectivity index is 1.97. The fourth-order valence-electron chi connectivity index (χ4n) is 2.91. The number of nitrogens with one attached hydrogen (secondary N) is 2. The van der Waals surface area contributed by atoms with Gasteiger partial charge in [-0.05, 0) is 24.3 Å². The first kappa shape index (κ1) is 19.1. The Labute approximate surface area is 160 Å². The van der Waals surface area contributed by atoms with Gasteiger partial charge >= 0.3 is 0 Å². The van der Waals surface area contributed by atoms with Crippen LogP contribution in [0, 0.1) is 0 Å². The van der Waals surface area contributed by atoms with Gasteiger partial charge in [0, 0.05) is 58.9 Å². The lowest BCUT2D eigenvalue weighted by molar-refractivity contribution is 0.408. The molecule has 0 atom stereocenters. The van der Waals surface area contributed by atoms with Gasteiger partial charge in [0.1, 0.15) is 11.5 Å². The summed E-state index contributed by atoms with van der Waals surface area (Å²) in [4.78, 5) is 0. The molecule has 7 heteroatoms. The Hall–Kier alpha value is -2.67. The highest BCUT2D eigenvalue weighted by Gasteiger charge is 2.15. The molecule has 2 aromatic rings. The van der Waals surface area contributed by atoms with Gasteiger partial charge in [0.15, 0.2) is 0 Å². The van der Waals surface area contributed by atoms with E-state index in [1.54, 1.807) is 19.2 Å². The third-order valence-electron chi connectivity index (χ3n) is 4.47. The molecule has 0 saturated heterocycles. The second kappa shape index (κ2) is 7.92. The molecule has 0 aliphatic carbocycles. The highest BCUT2D eigenvalue weighted by atomic mass is 32.2. The van der Waals surface area contributed by atoms with Crippen LogP contribution >= 0.6 is 0 Å². The Morgan fingerprint density at radius 3 is 2.70 bits per heavy atom. The van der Waals surface area contributed by atoms with Crippen LogP contribution in [0.4, 0.5) is 17.1 Å². The molecule has 2 aromatic carbocycles. The van der Waals surface area contributed by atoms with Crippen molar-refractivity contribution in [2.24, 2.45) is 4.36 Å². The topological polar surface area (TPSA) is 83.0 Å². The number of benzene rings is 2. The molecule has 3 N–H and O–H groups in total. The van der Waals surface area contributed by atoms with Crippen molar-refractivity contribution in [3.8, 4) is 11.5 Å². The quantitative estimate of drug-likeness (QED) is 0.683. The molecule has 0 amide bonds. The number of hydrogen-bond donors (Lipinski definition) is 3. The molecular weight excluding hydrogens is 362 g/mol. The average molecular weight is 388 g/mol. The smallest absolute Gasteiger partial charge is 0.124 e. The summed E-state index contributed by atoms with van der Waals surface area (Å²) in [5.41, 5.74) is 4.24. The van der Waals surface area contributed by atoms with E-state index in [1.807, 2.05) is 44.2 Å². The Morgan fingerprint density at radius 1 is 1.22 bits per heavy atom. The number of methoxy groups -OCH3 is 1. The first-order valence-electron chi connectivity index (χ1n) is 8.92. The molecule has 1 heterocycles. The second-order valence-corrected chi connectivity index (χ2v) is 9.10. The summed E-state index contributed by atoms with van der Waals surface area (Å²) >= 11 is 0. The molecule has 0 aromatic heterocycles. The molecule has 1 aliphatic rings. The Kier molecular flexibility index (Phi) is 5.60. The fourth-order valence-corrected chi connectivity index (χ4v) is 4.08. The second-order valence-electron chi connectivity index (χ2n) is 6.21. The zero-order valence-corrected chi connectivity index (χ0v) is 16.6. The van der Waals surface area contributed by atoms with Crippen molar-refractivity contribution in [3.63, 3.8) is 0 Å². The third kappa shape index (κ3) is 4.36. The minimum atomic E-state index is -2.22. The number of rotatable bonds is 6. The van der Waals surface area contributed by atoms with Crippen LogP contribution < -0.4 is 15.4 Å². The number of ether oxygens (including phenoxy) is 1. The number of nitrogens with zero attached hydrogens (tertiary/aromatic N) is 1. The van der Waals surface area contributed by atoms with Crippen LogP contribution in [0.3, 0.4) is 0 Å². The fraction of sp³-hybridized carbons (Fsp3) is 0.300. The largest absolute Gasteiger partial charge is 0.508 e. The van der Waals surface area contributed by atoms with Gasteiger partial charge in [0.05, 0.1) is 22.5 Å². The minimum Gasteiger partial charge on any atom is -0.508 e. The van der Waals surface area contributed by atoms with Crippen LogP contribution in [0.15, 0.2) is 46.8 Å². The minimum absolute atomic E-state index is 0.126. The summed E-state index contributed by atoms with van der Waals surface area (Å²) in [5.74, 6) is 1.76. The summed E-state index contributed by atoms with van der Waals surface area (Å²) in [6.45, 7) is 4.48. The molecule has 3 rings (SSSR count). The van der Waals surface area contributed by atoms with E-state index in [2.05, 4.69) is 15.0 Å². The predicted octanol–water partition coefficient (Wildman–Crippen LogP) is 4.42. The maximum atomic E-state index is 12.7. The molecule has 0 unspecified atom stereocenters. The van der Waals surface area contributed by atoms with Gasteiger partial charge in [0.25, 0.3) is 0 Å². The molecule has 27 heavy (non-hydrogen) atoms. The number of phenols is 1. The predicted molar refractivity (Wildman–Crippen MR) is 113 cm³/mol. The number of aromatic hydroxyl groups is 1. The van der Waals surface area contributed by atoms with Crippen molar-refractivity contribution in [1.82, 2.24) is 0 Å². The van der Waals surface area contributed by atoms with Crippen molar-refractivity contribution in [2.75, 3.05) is 35.8 Å². The van der Waals surface area contributed by atoms with E-state index >= 15 is 0 Å². The van der Waals surface area contributed by atoms with Crippen molar-refractivity contribution < 1.29 is 14.1 Å². The van der Waals surface area contributed by atoms with Crippen molar-refractivity contribution >= 4 is 32.5 Å². The van der Waals surface area contributed by atoms with E-state index in [1.165, 1.54) is 0 Å². The Bertz CT molecular complexity index is 982. The molecular formula is C20H25N3O3S. The summed E-state index contributed by atoms with van der Waals surface area (Å²) in [7, 11) is -0.660. The monoisotopic (exact) mass is 387 g/mol. The van der Waals surface area contributed by atoms with Crippen molar-refractivity contribution in [1.29, 1.82) is 0 Å². The lowest BCUT2D eigenvalue weighted by Crippen LogP contribution is -2.12. The van der Waals surface area contributed by atoms with Crippen LogP contribution in [-0.4, -0.2) is 34.5 Å². The molecule has 0 saturated carbocycles. The van der Waals surface area contributed by atoms with E-state index in [0.717, 1.165) is 22.6 Å². The van der Waals surface area contributed by atoms with E-state index in [9.17, 15) is 9.32 Å². The summed E-state index contributed by atoms with van der Waals surface area (Å²) in [6, 6.07) is 10.8. The number of fused-ring (bicyclic) bond motifs is 1. The molecule has 1 aliphatic heterocycles. The van der Waals surface area contributed by atoms with Crippen molar-refractivity contribution in [2.45, 2.75) is 13.8 Å². The highest BCUT2D eigenvalue weighted by Crippen LogP contribution is 2.34. The number of phenolic OH excluding ortho intramolecular Hbond substituents is 1. The van der Waals surface area contributed by atoms with Gasteiger partial charge in [-0.2, -0.15) is 4.36 Å². The number of hydrogen-bond acceptors (Lipinski definition) is 6. The van der Waals surface area contributed by atoms with Crippen LogP contribution in [-0.2, 0) is 9.73 Å². The lowest BCUT2D eigenvalue weighted by Gasteiger charge is -2.21. The van der Waals surface area contributed by atoms with Crippen LogP contribution in [0.1, 0.15) is 19.4 Å². The first-order chi connectivity index (χ1) is 13.0. The van der Waals surface area contributed by atoms with Crippen LogP contribution in [0.2, 0.25) is 0 Å². The lowest BCUT2D eigenvalue weighted by atomic mass is 10.0. The standard InChI is InChI=1S/C20H25N3O3S/c1-4-27(25,5-2)23-14-6-7-19-18(12-14)20(8-9-21-19)22-15-10-16(24)13-17(11-15)26-3/h6-8,10-13,21-22,24H,4-5,9H2,1-3H3. The van der Waals surface area contributed by atoms with Gasteiger partial charge in [-0.25, -0.2) is 4.21 Å². The van der Waals surface area contributed by atoms with E-state index in [-0.39, 0.29) is 5.75 Å². The summed E-state index contributed by atoms with van der Waals surface area (Å²) in [6.07, 6.45) is 2.03. The normalized spacial score (nSPS) is 13.2. The van der Waals surface area contributed by atoms with Gasteiger partial charge in [0.2, 0.25) is 0 Å². The number of anilines is 2. The molecule has 144 valence electrons. The maximum Gasteiger partial charge on any atom is 0.124 e. The average Bonchev–Trinajstić information content (AvgIpc) is 2.68. The van der Waals surface area contributed by atoms with Gasteiger partial charge in [-0.15, -0.1) is 0 Å². The molecule has 0 bridgehead atoms. The maximum absolute atomic E-state index is 12.7. The summed E-state index contributed by atoms with van der Waals surface area (Å²) < 4.78 is 22.4. The zero-order chi connectivity index (χ0) is 19.4. The van der Waals surface area contributed by atoms with E-state index in [4.69, 9.17) is 4.74 Å². The molecule has 0 fully saturated rings. The van der Waals surface area contributed by atoms with Gasteiger partial charge < -0.3 is 20.5 Å². The van der Waals surface area contributed by atoms with Crippen LogP contribution in [0.5, 0.6) is 11.5 Å². The van der Waals surface area contributed by atoms with E-state index < -0.39 is 9.73 Å².